The molecule has 0 aliphatic rings. The molecule has 0 aliphatic carbocycles. The molecule has 0 saturated carbocycles. The van der Waals surface area contributed by atoms with E-state index in [1.165, 1.54) is 71.0 Å². The molecule has 0 unspecified atom stereocenters. The molecule has 0 spiro atoms. The highest BCUT2D eigenvalue weighted by molar-refractivity contribution is 7.89. The SMILES string of the molecule is COC(=O)c1cc(-c2ccnc(Nc3ccccc3)n2)ccc1OC.COc1ccc(-c2ccnc(Nc3cc(C)cc(C)c3)n2)cc1C(N)=O.COc1ccc(-c2ccnc(Nc3ccccc3)n2)cc1C(=O)O.NC(=O)c1cc(-c2ccnc(Nc3cccc(S(N)(=O)=O)c3)n2)ccc1O. The van der Waals surface area contributed by atoms with E-state index < -0.39 is 33.8 Å². The Bertz CT molecular complexity index is 5100. The summed E-state index contributed by atoms with van der Waals surface area (Å²) in [5.41, 5.74) is 22.0. The van der Waals surface area contributed by atoms with Crippen LogP contribution in [-0.2, 0) is 14.8 Å². The number of aromatic carboxylic acids is 1. The third-order valence-electron chi connectivity index (χ3n) is 14.5. The van der Waals surface area contributed by atoms with Crippen LogP contribution in [-0.4, -0.2) is 111 Å². The van der Waals surface area contributed by atoms with Crippen molar-refractivity contribution in [1.82, 2.24) is 39.9 Å². The van der Waals surface area contributed by atoms with Crippen LogP contribution in [0.2, 0.25) is 0 Å². The number of methoxy groups -OCH3 is 4. The summed E-state index contributed by atoms with van der Waals surface area (Å²) < 4.78 is 43.2. The van der Waals surface area contributed by atoms with E-state index in [4.69, 9.17) is 35.6 Å². The minimum atomic E-state index is -3.83. The highest BCUT2D eigenvalue weighted by Crippen LogP contribution is 2.32. The van der Waals surface area contributed by atoms with E-state index in [1.807, 2.05) is 98.8 Å². The summed E-state index contributed by atoms with van der Waals surface area (Å²) in [7, 11) is 1.94. The van der Waals surface area contributed by atoms with Gasteiger partial charge in [0.05, 0.1) is 67.2 Å². The number of anilines is 8. The van der Waals surface area contributed by atoms with E-state index >= 15 is 0 Å². The number of nitrogens with zero attached hydrogens (tertiary/aromatic N) is 8. The van der Waals surface area contributed by atoms with Gasteiger partial charge in [0.15, 0.2) is 0 Å². The van der Waals surface area contributed by atoms with Crippen LogP contribution < -0.4 is 52.1 Å². The maximum atomic E-state index is 11.9. The Morgan fingerprint density at radius 3 is 1.17 bits per heavy atom. The Hall–Kier alpha value is -13.7. The Labute approximate surface area is 585 Å². The molecule has 516 valence electrons. The first kappa shape index (κ1) is 72.5. The molecule has 0 bridgehead atoms. The average Bonchev–Trinajstić information content (AvgIpc) is 0.836. The normalized spacial score (nSPS) is 10.5. The summed E-state index contributed by atoms with van der Waals surface area (Å²) in [5.74, 6) is -0.270. The number of carboxylic acid groups (broad SMARTS) is 1. The number of para-hydroxylation sites is 2. The van der Waals surface area contributed by atoms with Gasteiger partial charge in [0, 0.05) is 69.8 Å². The number of nitrogens with two attached hydrogens (primary N) is 3. The minimum Gasteiger partial charge on any atom is -0.507 e. The number of primary sulfonamides is 1. The molecule has 12 N–H and O–H groups in total. The summed E-state index contributed by atoms with van der Waals surface area (Å²) in [5, 5.41) is 36.5. The van der Waals surface area contributed by atoms with Crippen LogP contribution in [0.1, 0.15) is 52.6 Å². The van der Waals surface area contributed by atoms with E-state index in [0.29, 0.717) is 85.8 Å². The fourth-order valence-corrected chi connectivity index (χ4v) is 10.4. The molecule has 27 nitrogen and oxygen atoms in total. The number of hydrogen-bond acceptors (Lipinski definition) is 23. The summed E-state index contributed by atoms with van der Waals surface area (Å²) in [6, 6.07) is 57.9. The highest BCUT2D eigenvalue weighted by Gasteiger charge is 2.18. The fourth-order valence-electron chi connectivity index (χ4n) is 9.80. The van der Waals surface area contributed by atoms with Crippen molar-refractivity contribution in [2.45, 2.75) is 18.7 Å². The number of ether oxygens (including phenoxy) is 4. The Morgan fingerprint density at radius 2 is 0.765 bits per heavy atom. The maximum absolute atomic E-state index is 11.9. The summed E-state index contributed by atoms with van der Waals surface area (Å²) in [4.78, 5) is 80.8. The first-order chi connectivity index (χ1) is 49.1. The van der Waals surface area contributed by atoms with E-state index in [1.54, 1.807) is 91.4 Å². The number of rotatable bonds is 20. The van der Waals surface area contributed by atoms with Gasteiger partial charge < -0.3 is 61.9 Å². The van der Waals surface area contributed by atoms with Gasteiger partial charge in [-0.3, -0.25) is 9.59 Å². The van der Waals surface area contributed by atoms with Crippen molar-refractivity contribution in [3.8, 4) is 68.0 Å². The van der Waals surface area contributed by atoms with Crippen molar-refractivity contribution in [2.24, 2.45) is 16.6 Å². The maximum Gasteiger partial charge on any atom is 0.341 e. The molecule has 0 aliphatic heterocycles. The molecule has 12 aromatic rings. The van der Waals surface area contributed by atoms with Crippen molar-refractivity contribution in [1.29, 1.82) is 0 Å². The van der Waals surface area contributed by atoms with E-state index in [2.05, 4.69) is 67.2 Å². The molecule has 102 heavy (non-hydrogen) atoms. The number of carbonyl (C=O) groups excluding carboxylic acids is 3. The van der Waals surface area contributed by atoms with Crippen molar-refractivity contribution in [3.63, 3.8) is 0 Å². The molecule has 0 saturated heterocycles. The van der Waals surface area contributed by atoms with Crippen LogP contribution in [0.3, 0.4) is 0 Å². The second kappa shape index (κ2) is 34.0. The number of carbonyl (C=O) groups is 4. The van der Waals surface area contributed by atoms with Gasteiger partial charge in [-0.1, -0.05) is 48.5 Å². The third kappa shape index (κ3) is 19.7. The number of sulfonamides is 1. The summed E-state index contributed by atoms with van der Waals surface area (Å²) in [6.07, 6.45) is 6.44. The number of aromatic nitrogens is 8. The predicted molar refractivity (Wildman–Crippen MR) is 386 cm³/mol. The zero-order valence-corrected chi connectivity index (χ0v) is 56.4. The number of amides is 2. The lowest BCUT2D eigenvalue weighted by molar-refractivity contribution is 0.0595. The molecule has 0 radical (unpaired) electrons. The fraction of sp³-hybridized carbons (Fsp3) is 0.0811. The number of nitrogens with one attached hydrogen (secondary N) is 4. The average molecular weight is 1390 g/mol. The molecule has 2 amide bonds. The Balaban J connectivity index is 0.000000158. The molecule has 0 atom stereocenters. The Kier molecular flexibility index (Phi) is 24.2. The van der Waals surface area contributed by atoms with Crippen molar-refractivity contribution in [3.05, 3.63) is 258 Å². The van der Waals surface area contributed by atoms with Crippen LogP contribution in [0.15, 0.2) is 230 Å². The van der Waals surface area contributed by atoms with Gasteiger partial charge in [-0.25, -0.2) is 63.0 Å². The second-order valence-corrected chi connectivity index (χ2v) is 23.3. The first-order valence-electron chi connectivity index (χ1n) is 30.6. The minimum absolute atomic E-state index is 0.0264. The van der Waals surface area contributed by atoms with Gasteiger partial charge >= 0.3 is 11.9 Å². The molecular formula is C74H67N15O12S. The van der Waals surface area contributed by atoms with Gasteiger partial charge in [0.2, 0.25) is 33.8 Å². The molecule has 8 aromatic carbocycles. The monoisotopic (exact) mass is 1390 g/mol. The Morgan fingerprint density at radius 1 is 0.402 bits per heavy atom. The number of phenols is 1. The predicted octanol–water partition coefficient (Wildman–Crippen LogP) is 12.2. The molecule has 0 fully saturated rings. The standard InChI is InChI=1S/C20H20N4O2.C19H17N3O3.C18H15N3O3.C17H15N5O4S/c1-12-8-13(2)10-15(9-12)23-20-22-7-6-17(24-20)14-4-5-18(26-3)16(11-14)19(21)25;1-24-17-9-8-13(12-15(17)18(23)25-2)16-10-11-20-19(22-16)21-14-6-4-3-5-7-14;1-24-16-8-7-12(11-14(16)17(22)23)15-9-10-19-18(21-15)20-13-5-3-2-4-6-13;18-16(24)13-8-10(4-5-15(13)23)14-6-7-20-17(22-14)21-11-2-1-3-12(9-11)27(19,25)26/h4-11H,1-3H3,(H2,21,25)(H,22,23,24);3-12H,1-2H3,(H,20,21,22);2-11H,1H3,(H,22,23)(H,19,20,21);1-9,23H,(H2,18,24)(H2,19,25,26)(H,20,21,22). The summed E-state index contributed by atoms with van der Waals surface area (Å²) >= 11 is 0. The number of benzene rings is 8. The zero-order valence-electron chi connectivity index (χ0n) is 55.6. The topological polar surface area (TPSA) is 409 Å². The molecular weight excluding hydrogens is 1320 g/mol. The van der Waals surface area contributed by atoms with Crippen molar-refractivity contribution < 1.29 is 56.8 Å². The van der Waals surface area contributed by atoms with Gasteiger partial charge in [-0.2, -0.15) is 0 Å². The van der Waals surface area contributed by atoms with Gasteiger partial charge in [0.25, 0.3) is 11.8 Å². The number of carboxylic acids is 1. The smallest absolute Gasteiger partial charge is 0.341 e. The lowest BCUT2D eigenvalue weighted by Gasteiger charge is -2.10. The van der Waals surface area contributed by atoms with Gasteiger partial charge in [0.1, 0.15) is 34.1 Å². The van der Waals surface area contributed by atoms with Crippen LogP contribution in [0.5, 0.6) is 23.0 Å². The second-order valence-electron chi connectivity index (χ2n) is 21.7. The summed E-state index contributed by atoms with van der Waals surface area (Å²) in [6.45, 7) is 4.08. The highest BCUT2D eigenvalue weighted by atomic mass is 32.2. The lowest BCUT2D eigenvalue weighted by atomic mass is 10.1. The van der Waals surface area contributed by atoms with Crippen molar-refractivity contribution in [2.75, 3.05) is 49.7 Å². The lowest BCUT2D eigenvalue weighted by Crippen LogP contribution is -2.12. The number of primary amides is 2. The number of esters is 1. The number of aromatic hydroxyl groups is 1. The van der Waals surface area contributed by atoms with Crippen LogP contribution in [0, 0.1) is 13.8 Å². The number of hydrogen-bond donors (Lipinski definition) is 9. The van der Waals surface area contributed by atoms with E-state index in [9.17, 15) is 37.8 Å². The molecule has 28 heteroatoms. The third-order valence-corrected chi connectivity index (χ3v) is 15.4. The molecule has 4 heterocycles. The van der Waals surface area contributed by atoms with Crippen molar-refractivity contribution >= 4 is 80.3 Å². The van der Waals surface area contributed by atoms with E-state index in [-0.39, 0.29) is 27.7 Å². The largest absolute Gasteiger partial charge is 0.507 e. The zero-order chi connectivity index (χ0) is 72.9. The van der Waals surface area contributed by atoms with Gasteiger partial charge in [-0.05, 0) is 177 Å². The van der Waals surface area contributed by atoms with Gasteiger partial charge in [-0.15, -0.1) is 0 Å². The molecule has 4 aromatic heterocycles. The van der Waals surface area contributed by atoms with Crippen LogP contribution in [0.25, 0.3) is 45.0 Å². The van der Waals surface area contributed by atoms with Crippen LogP contribution in [0.4, 0.5) is 46.5 Å². The quantitative estimate of drug-likeness (QED) is 0.0320. The van der Waals surface area contributed by atoms with E-state index in [0.717, 1.165) is 39.3 Å². The number of aryl methyl sites for hydroxylation is 2. The molecule has 12 rings (SSSR count). The van der Waals surface area contributed by atoms with Crippen LogP contribution >= 0.6 is 0 Å². The first-order valence-corrected chi connectivity index (χ1v) is 32.1.